The second kappa shape index (κ2) is 6.18. The second-order valence-electron chi connectivity index (χ2n) is 10.0. The first-order valence-electron chi connectivity index (χ1n) is 10.1. The smallest absolute Gasteiger partial charge is 0.279 e. The lowest BCUT2D eigenvalue weighted by molar-refractivity contribution is -0.213. The summed E-state index contributed by atoms with van der Waals surface area (Å²) in [6, 6.07) is 0. The fourth-order valence-electron chi connectivity index (χ4n) is 7.14. The van der Waals surface area contributed by atoms with Crippen molar-refractivity contribution in [2.24, 2.45) is 16.7 Å². The molecule has 1 N–H and O–H groups in total. The Kier molecular flexibility index (Phi) is 4.50. The van der Waals surface area contributed by atoms with Crippen LogP contribution in [0.1, 0.15) is 71.6 Å². The fourth-order valence-corrected chi connectivity index (χ4v) is 8.40. The van der Waals surface area contributed by atoms with E-state index in [2.05, 4.69) is 18.6 Å². The molecule has 5 aliphatic rings. The van der Waals surface area contributed by atoms with Crippen LogP contribution < -0.4 is 4.72 Å². The van der Waals surface area contributed by atoms with Gasteiger partial charge in [-0.1, -0.05) is 20.3 Å². The third kappa shape index (κ3) is 3.64. The van der Waals surface area contributed by atoms with Crippen LogP contribution in [0.2, 0.25) is 0 Å². The zero-order chi connectivity index (χ0) is 17.8. The molecule has 0 aromatic heterocycles. The highest BCUT2D eigenvalue weighted by molar-refractivity contribution is 7.87. The SMILES string of the molecule is CC12CC3CC(C)(C1)CC(OCCNS(=O)(=O)N1CCCCC1)(C3)C2. The van der Waals surface area contributed by atoms with Crippen molar-refractivity contribution < 1.29 is 13.2 Å². The van der Waals surface area contributed by atoms with E-state index in [4.69, 9.17) is 4.74 Å². The monoisotopic (exact) mass is 370 g/mol. The van der Waals surface area contributed by atoms with E-state index < -0.39 is 10.2 Å². The lowest BCUT2D eigenvalue weighted by Gasteiger charge is -2.65. The largest absolute Gasteiger partial charge is 0.374 e. The highest BCUT2D eigenvalue weighted by Gasteiger charge is 2.60. The van der Waals surface area contributed by atoms with Gasteiger partial charge < -0.3 is 4.74 Å². The molecule has 5 fully saturated rings. The highest BCUT2D eigenvalue weighted by atomic mass is 32.2. The molecule has 2 unspecified atom stereocenters. The van der Waals surface area contributed by atoms with Gasteiger partial charge >= 0.3 is 0 Å². The summed E-state index contributed by atoms with van der Waals surface area (Å²) in [7, 11) is -3.33. The Bertz CT molecular complexity index is 596. The summed E-state index contributed by atoms with van der Waals surface area (Å²) in [5, 5.41) is 0. The summed E-state index contributed by atoms with van der Waals surface area (Å²) in [5.41, 5.74) is 0.864. The average Bonchev–Trinajstić information content (AvgIpc) is 2.49. The molecule has 0 aromatic rings. The molecule has 1 saturated heterocycles. The van der Waals surface area contributed by atoms with Gasteiger partial charge in [-0.15, -0.1) is 0 Å². The first-order valence-corrected chi connectivity index (χ1v) is 11.5. The Labute approximate surface area is 153 Å². The zero-order valence-corrected chi connectivity index (χ0v) is 16.7. The van der Waals surface area contributed by atoms with Crippen molar-refractivity contribution in [1.82, 2.24) is 9.03 Å². The van der Waals surface area contributed by atoms with Crippen LogP contribution in [0.15, 0.2) is 0 Å². The van der Waals surface area contributed by atoms with Gasteiger partial charge in [-0.25, -0.2) is 0 Å². The Hall–Kier alpha value is -0.170. The Morgan fingerprint density at radius 3 is 2.24 bits per heavy atom. The van der Waals surface area contributed by atoms with Gasteiger partial charge in [0, 0.05) is 19.6 Å². The van der Waals surface area contributed by atoms with Crippen LogP contribution in [0.25, 0.3) is 0 Å². The molecule has 5 rings (SSSR count). The molecule has 0 amide bonds. The van der Waals surface area contributed by atoms with Crippen molar-refractivity contribution >= 4 is 10.2 Å². The molecule has 5 nitrogen and oxygen atoms in total. The highest BCUT2D eigenvalue weighted by Crippen LogP contribution is 2.67. The quantitative estimate of drug-likeness (QED) is 0.731. The topological polar surface area (TPSA) is 58.6 Å². The van der Waals surface area contributed by atoms with Gasteiger partial charge in [-0.05, 0) is 68.1 Å². The molecule has 4 saturated carbocycles. The standard InChI is InChI=1S/C19H34N2O3S/c1-17-10-16-11-18(2,13-17)15-19(12-16,14-17)24-9-6-20-25(22,23)21-7-4-3-5-8-21/h16,20H,3-15H2,1-2H3. The van der Waals surface area contributed by atoms with Crippen LogP contribution >= 0.6 is 0 Å². The molecule has 1 heterocycles. The summed E-state index contributed by atoms with van der Waals surface area (Å²) >= 11 is 0. The summed E-state index contributed by atoms with van der Waals surface area (Å²) in [6.45, 7) is 7.06. The number of hydrogen-bond donors (Lipinski definition) is 1. The van der Waals surface area contributed by atoms with E-state index in [1.54, 1.807) is 4.31 Å². The molecule has 4 aliphatic carbocycles. The van der Waals surface area contributed by atoms with Crippen molar-refractivity contribution in [3.8, 4) is 0 Å². The first kappa shape index (κ1) is 18.2. The maximum Gasteiger partial charge on any atom is 0.279 e. The van der Waals surface area contributed by atoms with Gasteiger partial charge in [0.25, 0.3) is 10.2 Å². The Morgan fingerprint density at radius 2 is 1.64 bits per heavy atom. The van der Waals surface area contributed by atoms with Crippen molar-refractivity contribution in [1.29, 1.82) is 0 Å². The summed E-state index contributed by atoms with van der Waals surface area (Å²) < 4.78 is 35.5. The van der Waals surface area contributed by atoms with Crippen LogP contribution in [-0.4, -0.2) is 44.6 Å². The minimum Gasteiger partial charge on any atom is -0.374 e. The number of rotatable bonds is 6. The fraction of sp³-hybridized carbons (Fsp3) is 1.00. The number of hydrogen-bond acceptors (Lipinski definition) is 3. The maximum atomic E-state index is 12.4. The van der Waals surface area contributed by atoms with Crippen LogP contribution in [-0.2, 0) is 14.9 Å². The first-order chi connectivity index (χ1) is 11.7. The third-order valence-electron chi connectivity index (χ3n) is 7.02. The molecule has 0 aromatic carbocycles. The van der Waals surface area contributed by atoms with E-state index in [1.807, 2.05) is 0 Å². The van der Waals surface area contributed by atoms with Gasteiger partial charge in [-0.3, -0.25) is 0 Å². The lowest BCUT2D eigenvalue weighted by atomic mass is 9.43. The lowest BCUT2D eigenvalue weighted by Crippen LogP contribution is -2.59. The van der Waals surface area contributed by atoms with Crippen molar-refractivity contribution in [2.45, 2.75) is 77.2 Å². The van der Waals surface area contributed by atoms with Crippen LogP contribution in [0.3, 0.4) is 0 Å². The predicted octanol–water partition coefficient (Wildman–Crippen LogP) is 3.07. The van der Waals surface area contributed by atoms with E-state index in [9.17, 15) is 8.42 Å². The second-order valence-corrected chi connectivity index (χ2v) is 11.8. The van der Waals surface area contributed by atoms with Crippen molar-refractivity contribution in [2.75, 3.05) is 26.2 Å². The van der Waals surface area contributed by atoms with Gasteiger partial charge in [-0.2, -0.15) is 17.4 Å². The Balaban J connectivity index is 1.31. The zero-order valence-electron chi connectivity index (χ0n) is 15.8. The molecular formula is C19H34N2O3S. The van der Waals surface area contributed by atoms with E-state index in [0.29, 0.717) is 37.1 Å². The molecule has 144 valence electrons. The molecule has 6 heteroatoms. The predicted molar refractivity (Wildman–Crippen MR) is 98.4 cm³/mol. The van der Waals surface area contributed by atoms with E-state index in [1.165, 1.54) is 25.7 Å². The molecule has 0 radical (unpaired) electrons. The minimum atomic E-state index is -3.33. The number of nitrogens with zero attached hydrogens (tertiary/aromatic N) is 1. The van der Waals surface area contributed by atoms with Crippen LogP contribution in [0, 0.1) is 16.7 Å². The normalized spacial score (nSPS) is 44.3. The number of nitrogens with one attached hydrogen (secondary N) is 1. The molecule has 0 spiro atoms. The van der Waals surface area contributed by atoms with Crippen LogP contribution in [0.5, 0.6) is 0 Å². The van der Waals surface area contributed by atoms with Gasteiger partial charge in [0.1, 0.15) is 0 Å². The Morgan fingerprint density at radius 1 is 1.00 bits per heavy atom. The summed E-state index contributed by atoms with van der Waals surface area (Å²) in [6.07, 6.45) is 10.6. The summed E-state index contributed by atoms with van der Waals surface area (Å²) in [4.78, 5) is 0. The molecule has 1 aliphatic heterocycles. The molecular weight excluding hydrogens is 336 g/mol. The van der Waals surface area contributed by atoms with Crippen molar-refractivity contribution in [3.63, 3.8) is 0 Å². The van der Waals surface area contributed by atoms with E-state index >= 15 is 0 Å². The minimum absolute atomic E-state index is 0.000513. The van der Waals surface area contributed by atoms with E-state index in [-0.39, 0.29) is 5.60 Å². The van der Waals surface area contributed by atoms with Crippen LogP contribution in [0.4, 0.5) is 0 Å². The molecule has 2 atom stereocenters. The molecule has 4 bridgehead atoms. The van der Waals surface area contributed by atoms with Gasteiger partial charge in [0.2, 0.25) is 0 Å². The number of ether oxygens (including phenoxy) is 1. The van der Waals surface area contributed by atoms with Crippen molar-refractivity contribution in [3.05, 3.63) is 0 Å². The third-order valence-corrected chi connectivity index (χ3v) is 8.64. The average molecular weight is 371 g/mol. The van der Waals surface area contributed by atoms with E-state index in [0.717, 1.165) is 38.0 Å². The summed E-state index contributed by atoms with van der Waals surface area (Å²) in [5.74, 6) is 0.802. The number of piperidine rings is 1. The van der Waals surface area contributed by atoms with Gasteiger partial charge in [0.05, 0.1) is 12.2 Å². The maximum absolute atomic E-state index is 12.4. The van der Waals surface area contributed by atoms with Gasteiger partial charge in [0.15, 0.2) is 0 Å². The molecule has 25 heavy (non-hydrogen) atoms.